The van der Waals surface area contributed by atoms with Crippen molar-refractivity contribution in [3.63, 3.8) is 0 Å². The van der Waals surface area contributed by atoms with Crippen molar-refractivity contribution >= 4 is 33.7 Å². The fourth-order valence-corrected chi connectivity index (χ4v) is 4.23. The molecule has 0 aliphatic heterocycles. The third kappa shape index (κ3) is 7.95. The van der Waals surface area contributed by atoms with Crippen LogP contribution in [0.3, 0.4) is 0 Å². The second-order valence-corrected chi connectivity index (χ2v) is 9.46. The van der Waals surface area contributed by atoms with Gasteiger partial charge in [-0.3, -0.25) is 14.6 Å². The van der Waals surface area contributed by atoms with Crippen LogP contribution in [0, 0.1) is 0 Å². The lowest BCUT2D eigenvalue weighted by molar-refractivity contribution is -0.129. The molecule has 36 heavy (non-hydrogen) atoms. The molecule has 0 aliphatic carbocycles. The average molecular weight is 551 g/mol. The number of halogens is 1. The van der Waals surface area contributed by atoms with Crippen molar-refractivity contribution in [3.05, 3.63) is 106 Å². The number of hydrogen-bond acceptors (Lipinski definition) is 3. The Bertz CT molecular complexity index is 1110. The van der Waals surface area contributed by atoms with Crippen LogP contribution in [0.2, 0.25) is 0 Å². The standard InChI is InChI=1S/C28H32BrN5O2/c1-19(20-14-16-23(29)17-15-20)33-26(35)24(13-8-18-32-28(30)31)34-27(36)25(21-9-4-2-5-10-21)22-11-6-3-7-12-22/h2-7,9-12,14-17,19,24-25H,8,13,18H2,1H3,(H,33,35)(H,34,36)(H4,30,31,32)/t19-,24-/m1/s1. The van der Waals surface area contributed by atoms with E-state index < -0.39 is 12.0 Å². The van der Waals surface area contributed by atoms with Gasteiger partial charge in [0.1, 0.15) is 6.04 Å². The Balaban J connectivity index is 1.80. The normalized spacial score (nSPS) is 12.4. The first-order valence-corrected chi connectivity index (χ1v) is 12.7. The average Bonchev–Trinajstić information content (AvgIpc) is 2.87. The smallest absolute Gasteiger partial charge is 0.243 e. The van der Waals surface area contributed by atoms with Crippen LogP contribution in [0.25, 0.3) is 0 Å². The van der Waals surface area contributed by atoms with Gasteiger partial charge in [0.25, 0.3) is 0 Å². The molecular formula is C28H32BrN5O2. The second-order valence-electron chi connectivity index (χ2n) is 8.55. The Morgan fingerprint density at radius 2 is 1.36 bits per heavy atom. The number of guanidine groups is 1. The van der Waals surface area contributed by atoms with Crippen LogP contribution in [0.4, 0.5) is 0 Å². The number of benzene rings is 3. The number of nitrogens with one attached hydrogen (secondary N) is 2. The Morgan fingerprint density at radius 3 is 1.89 bits per heavy atom. The van der Waals surface area contributed by atoms with Crippen molar-refractivity contribution in [2.24, 2.45) is 16.5 Å². The predicted octanol–water partition coefficient (Wildman–Crippen LogP) is 4.00. The van der Waals surface area contributed by atoms with Gasteiger partial charge >= 0.3 is 0 Å². The summed E-state index contributed by atoms with van der Waals surface area (Å²) in [6.07, 6.45) is 0.919. The van der Waals surface area contributed by atoms with Crippen molar-refractivity contribution in [2.75, 3.05) is 6.54 Å². The van der Waals surface area contributed by atoms with Crippen LogP contribution in [0.5, 0.6) is 0 Å². The molecule has 2 amide bonds. The molecule has 0 unspecified atom stereocenters. The molecule has 0 fully saturated rings. The van der Waals surface area contributed by atoms with Gasteiger partial charge in [0, 0.05) is 11.0 Å². The minimum atomic E-state index is -0.750. The van der Waals surface area contributed by atoms with Gasteiger partial charge in [-0.2, -0.15) is 0 Å². The molecule has 188 valence electrons. The van der Waals surface area contributed by atoms with Crippen LogP contribution in [0.15, 0.2) is 94.4 Å². The van der Waals surface area contributed by atoms with Crippen molar-refractivity contribution in [2.45, 2.75) is 37.8 Å². The zero-order valence-electron chi connectivity index (χ0n) is 20.2. The fourth-order valence-electron chi connectivity index (χ4n) is 3.96. The summed E-state index contributed by atoms with van der Waals surface area (Å²) in [5.74, 6) is -1.06. The van der Waals surface area contributed by atoms with Crippen LogP contribution in [-0.2, 0) is 9.59 Å². The number of carbonyl (C=O) groups excluding carboxylic acids is 2. The molecule has 2 atom stereocenters. The third-order valence-corrected chi connectivity index (χ3v) is 6.36. The molecule has 0 bridgehead atoms. The minimum absolute atomic E-state index is 0.00267. The lowest BCUT2D eigenvalue weighted by Crippen LogP contribution is -2.48. The first-order valence-electron chi connectivity index (χ1n) is 11.9. The summed E-state index contributed by atoms with van der Waals surface area (Å²) in [6.45, 7) is 2.28. The summed E-state index contributed by atoms with van der Waals surface area (Å²) in [4.78, 5) is 31.0. The number of nitrogens with two attached hydrogens (primary N) is 2. The van der Waals surface area contributed by atoms with E-state index in [1.165, 1.54) is 0 Å². The highest BCUT2D eigenvalue weighted by molar-refractivity contribution is 9.10. The van der Waals surface area contributed by atoms with Gasteiger partial charge < -0.3 is 22.1 Å². The minimum Gasteiger partial charge on any atom is -0.370 e. The first kappa shape index (κ1) is 26.9. The number of amides is 2. The van der Waals surface area contributed by atoms with Crippen molar-refractivity contribution < 1.29 is 9.59 Å². The lowest BCUT2D eigenvalue weighted by atomic mass is 9.90. The molecule has 0 saturated heterocycles. The lowest BCUT2D eigenvalue weighted by Gasteiger charge is -2.25. The van der Waals surface area contributed by atoms with Gasteiger partial charge in [-0.15, -0.1) is 0 Å². The zero-order valence-corrected chi connectivity index (χ0v) is 21.8. The molecule has 0 heterocycles. The highest BCUT2D eigenvalue weighted by Gasteiger charge is 2.28. The predicted molar refractivity (Wildman–Crippen MR) is 147 cm³/mol. The molecule has 3 aromatic rings. The van der Waals surface area contributed by atoms with Crippen molar-refractivity contribution in [1.82, 2.24) is 10.6 Å². The summed E-state index contributed by atoms with van der Waals surface area (Å²) in [6, 6.07) is 25.9. The molecule has 0 aliphatic rings. The van der Waals surface area contributed by atoms with E-state index in [0.29, 0.717) is 19.4 Å². The maximum Gasteiger partial charge on any atom is 0.243 e. The van der Waals surface area contributed by atoms with E-state index in [9.17, 15) is 9.59 Å². The molecule has 0 saturated carbocycles. The van der Waals surface area contributed by atoms with Crippen LogP contribution >= 0.6 is 15.9 Å². The van der Waals surface area contributed by atoms with Gasteiger partial charge in [-0.1, -0.05) is 88.7 Å². The van der Waals surface area contributed by atoms with Gasteiger partial charge in [0.05, 0.1) is 12.0 Å². The van der Waals surface area contributed by atoms with E-state index in [1.807, 2.05) is 91.9 Å². The molecule has 7 nitrogen and oxygen atoms in total. The van der Waals surface area contributed by atoms with Crippen molar-refractivity contribution in [1.29, 1.82) is 0 Å². The summed E-state index contributed by atoms with van der Waals surface area (Å²) < 4.78 is 0.961. The largest absolute Gasteiger partial charge is 0.370 e. The molecule has 0 spiro atoms. The van der Waals surface area contributed by atoms with Gasteiger partial charge in [0.15, 0.2) is 5.96 Å². The number of hydrogen-bond donors (Lipinski definition) is 4. The van der Waals surface area contributed by atoms with E-state index >= 15 is 0 Å². The number of aliphatic imine (C=N–C) groups is 1. The highest BCUT2D eigenvalue weighted by Crippen LogP contribution is 2.25. The number of nitrogens with zero attached hydrogens (tertiary/aromatic N) is 1. The summed E-state index contributed by atoms with van der Waals surface area (Å²) in [5.41, 5.74) is 13.5. The topological polar surface area (TPSA) is 123 Å². The summed E-state index contributed by atoms with van der Waals surface area (Å²) >= 11 is 3.43. The monoisotopic (exact) mass is 549 g/mol. The maximum absolute atomic E-state index is 13.6. The molecule has 3 rings (SSSR count). The molecule has 3 aromatic carbocycles. The molecule has 0 radical (unpaired) electrons. The molecule has 8 heteroatoms. The quantitative estimate of drug-likeness (QED) is 0.164. The van der Waals surface area contributed by atoms with E-state index in [0.717, 1.165) is 21.2 Å². The molecule has 6 N–H and O–H groups in total. The van der Waals surface area contributed by atoms with Crippen LogP contribution in [-0.4, -0.2) is 30.4 Å². The van der Waals surface area contributed by atoms with E-state index in [-0.39, 0.29) is 23.8 Å². The SMILES string of the molecule is C[C@@H](NC(=O)[C@@H](CCCN=C(N)N)NC(=O)C(c1ccccc1)c1ccccc1)c1ccc(Br)cc1. The Kier molecular flexibility index (Phi) is 10.1. The van der Waals surface area contributed by atoms with Crippen molar-refractivity contribution in [3.8, 4) is 0 Å². The highest BCUT2D eigenvalue weighted by atomic mass is 79.9. The third-order valence-electron chi connectivity index (χ3n) is 5.84. The van der Waals surface area contributed by atoms with E-state index in [4.69, 9.17) is 11.5 Å². The maximum atomic E-state index is 13.6. The molecular weight excluding hydrogens is 518 g/mol. The zero-order chi connectivity index (χ0) is 25.9. The van der Waals surface area contributed by atoms with Gasteiger partial charge in [0.2, 0.25) is 11.8 Å². The second kappa shape index (κ2) is 13.4. The number of carbonyl (C=O) groups is 2. The Labute approximate surface area is 220 Å². The van der Waals surface area contributed by atoms with Crippen LogP contribution in [0.1, 0.15) is 48.4 Å². The number of rotatable bonds is 11. The van der Waals surface area contributed by atoms with Gasteiger partial charge in [-0.05, 0) is 48.6 Å². The Hall–Kier alpha value is -3.65. The van der Waals surface area contributed by atoms with E-state index in [1.54, 1.807) is 0 Å². The summed E-state index contributed by atoms with van der Waals surface area (Å²) in [7, 11) is 0. The molecule has 0 aromatic heterocycles. The van der Waals surface area contributed by atoms with Crippen LogP contribution < -0.4 is 22.1 Å². The Morgan fingerprint density at radius 1 is 0.806 bits per heavy atom. The first-order chi connectivity index (χ1) is 17.3. The summed E-state index contributed by atoms with van der Waals surface area (Å²) in [5, 5.41) is 6.03. The van der Waals surface area contributed by atoms with E-state index in [2.05, 4.69) is 31.6 Å². The fraction of sp³-hybridized carbons (Fsp3) is 0.250. The van der Waals surface area contributed by atoms with Gasteiger partial charge in [-0.25, -0.2) is 0 Å².